The van der Waals surface area contributed by atoms with Crippen molar-refractivity contribution in [2.45, 2.75) is 11.4 Å². The molecule has 0 aromatic heterocycles. The van der Waals surface area contributed by atoms with Gasteiger partial charge in [-0.3, -0.25) is 0 Å². The topological polar surface area (TPSA) is 55.8 Å². The van der Waals surface area contributed by atoms with Crippen LogP contribution in [0.25, 0.3) is 0 Å². The van der Waals surface area contributed by atoms with E-state index in [2.05, 4.69) is 0 Å². The molecule has 0 radical (unpaired) electrons. The van der Waals surface area contributed by atoms with E-state index in [1.54, 1.807) is 18.2 Å². The van der Waals surface area contributed by atoms with Crippen LogP contribution in [0.4, 0.5) is 0 Å². The summed E-state index contributed by atoms with van der Waals surface area (Å²) in [6.45, 7) is 0.358. The zero-order chi connectivity index (χ0) is 16.6. The SMILES string of the molecule is CN(Cc1ccc2c(c1)OCO2)S(=O)(=O)c1cc(Cl)cc(Cl)c1. The predicted molar refractivity (Wildman–Crippen MR) is 87.7 cm³/mol. The first-order valence-electron chi connectivity index (χ1n) is 6.67. The largest absolute Gasteiger partial charge is 0.454 e. The zero-order valence-corrected chi connectivity index (χ0v) is 14.5. The molecule has 1 heterocycles. The van der Waals surface area contributed by atoms with Gasteiger partial charge in [0.1, 0.15) is 0 Å². The molecule has 0 spiro atoms. The van der Waals surface area contributed by atoms with Gasteiger partial charge in [0.05, 0.1) is 4.90 Å². The highest BCUT2D eigenvalue weighted by atomic mass is 35.5. The number of benzene rings is 2. The first-order chi connectivity index (χ1) is 10.9. The monoisotopic (exact) mass is 373 g/mol. The van der Waals surface area contributed by atoms with Gasteiger partial charge >= 0.3 is 0 Å². The Bertz CT molecular complexity index is 834. The van der Waals surface area contributed by atoms with Crippen molar-refractivity contribution in [1.29, 1.82) is 0 Å². The van der Waals surface area contributed by atoms with E-state index in [0.29, 0.717) is 11.5 Å². The molecule has 1 aliphatic rings. The van der Waals surface area contributed by atoms with E-state index in [4.69, 9.17) is 32.7 Å². The Labute approximate surface area is 144 Å². The lowest BCUT2D eigenvalue weighted by Crippen LogP contribution is -2.26. The van der Waals surface area contributed by atoms with Gasteiger partial charge in [-0.15, -0.1) is 0 Å². The predicted octanol–water partition coefficient (Wildman–Crippen LogP) is 3.54. The van der Waals surface area contributed by atoms with E-state index in [0.717, 1.165) is 5.56 Å². The highest BCUT2D eigenvalue weighted by molar-refractivity contribution is 7.89. The van der Waals surface area contributed by atoms with Crippen LogP contribution in [0.1, 0.15) is 5.56 Å². The Morgan fingerprint density at radius 3 is 2.39 bits per heavy atom. The molecular weight excluding hydrogens is 361 g/mol. The smallest absolute Gasteiger partial charge is 0.243 e. The maximum Gasteiger partial charge on any atom is 0.243 e. The minimum Gasteiger partial charge on any atom is -0.454 e. The van der Waals surface area contributed by atoms with Crippen molar-refractivity contribution in [3.8, 4) is 11.5 Å². The minimum absolute atomic E-state index is 0.0539. The molecule has 0 unspecified atom stereocenters. The maximum absolute atomic E-state index is 12.6. The fourth-order valence-corrected chi connectivity index (χ4v) is 4.12. The summed E-state index contributed by atoms with van der Waals surface area (Å²) in [4.78, 5) is 0.0539. The van der Waals surface area contributed by atoms with E-state index >= 15 is 0 Å². The summed E-state index contributed by atoms with van der Waals surface area (Å²) >= 11 is 11.8. The highest BCUT2D eigenvalue weighted by Gasteiger charge is 2.23. The Hall–Kier alpha value is -1.47. The van der Waals surface area contributed by atoms with Crippen LogP contribution in [-0.4, -0.2) is 26.6 Å². The van der Waals surface area contributed by atoms with Gasteiger partial charge in [-0.2, -0.15) is 4.31 Å². The van der Waals surface area contributed by atoms with Crippen molar-refractivity contribution in [3.05, 3.63) is 52.0 Å². The molecule has 0 saturated heterocycles. The molecule has 1 aliphatic heterocycles. The third-order valence-corrected chi connectivity index (χ3v) is 5.60. The fourth-order valence-electron chi connectivity index (χ4n) is 2.24. The van der Waals surface area contributed by atoms with Crippen LogP contribution in [0.5, 0.6) is 11.5 Å². The summed E-state index contributed by atoms with van der Waals surface area (Å²) in [6.07, 6.45) is 0. The molecule has 0 atom stereocenters. The molecule has 2 aromatic rings. The second-order valence-electron chi connectivity index (χ2n) is 5.05. The van der Waals surface area contributed by atoms with Crippen molar-refractivity contribution in [1.82, 2.24) is 4.31 Å². The number of hydrogen-bond acceptors (Lipinski definition) is 4. The third kappa shape index (κ3) is 3.40. The van der Waals surface area contributed by atoms with Crippen molar-refractivity contribution in [2.24, 2.45) is 0 Å². The lowest BCUT2D eigenvalue weighted by molar-refractivity contribution is 0.174. The van der Waals surface area contributed by atoms with Crippen LogP contribution in [0.3, 0.4) is 0 Å². The summed E-state index contributed by atoms with van der Waals surface area (Å²) < 4.78 is 37.0. The molecule has 2 aromatic carbocycles. The molecule has 0 aliphatic carbocycles. The second-order valence-corrected chi connectivity index (χ2v) is 7.97. The Morgan fingerprint density at radius 2 is 1.70 bits per heavy atom. The van der Waals surface area contributed by atoms with Crippen molar-refractivity contribution in [2.75, 3.05) is 13.8 Å². The van der Waals surface area contributed by atoms with Crippen LogP contribution in [0.2, 0.25) is 10.0 Å². The summed E-state index contributed by atoms with van der Waals surface area (Å²) in [6, 6.07) is 9.55. The standard InChI is InChI=1S/C15H13Cl2NO4S/c1-18(8-10-2-3-14-15(4-10)22-9-21-14)23(19,20)13-6-11(16)5-12(17)7-13/h2-7H,8-9H2,1H3. The van der Waals surface area contributed by atoms with Crippen LogP contribution >= 0.6 is 23.2 Å². The molecule has 0 N–H and O–H groups in total. The fraction of sp³-hybridized carbons (Fsp3) is 0.200. The maximum atomic E-state index is 12.6. The number of sulfonamides is 1. The van der Waals surface area contributed by atoms with Crippen LogP contribution in [-0.2, 0) is 16.6 Å². The van der Waals surface area contributed by atoms with Crippen LogP contribution < -0.4 is 9.47 Å². The average molecular weight is 374 g/mol. The van der Waals surface area contributed by atoms with Gasteiger partial charge in [-0.05, 0) is 35.9 Å². The van der Waals surface area contributed by atoms with Crippen LogP contribution in [0.15, 0.2) is 41.3 Å². The quantitative estimate of drug-likeness (QED) is 0.822. The molecule has 23 heavy (non-hydrogen) atoms. The number of hydrogen-bond donors (Lipinski definition) is 0. The first-order valence-corrected chi connectivity index (χ1v) is 8.87. The van der Waals surface area contributed by atoms with Crippen molar-refractivity contribution < 1.29 is 17.9 Å². The lowest BCUT2D eigenvalue weighted by atomic mass is 10.2. The molecule has 0 amide bonds. The Balaban J connectivity index is 1.85. The Morgan fingerprint density at radius 1 is 1.04 bits per heavy atom. The lowest BCUT2D eigenvalue weighted by Gasteiger charge is -2.18. The first kappa shape index (κ1) is 16.4. The Kier molecular flexibility index (Phi) is 4.42. The third-order valence-electron chi connectivity index (χ3n) is 3.39. The van der Waals surface area contributed by atoms with Gasteiger partial charge < -0.3 is 9.47 Å². The summed E-state index contributed by atoms with van der Waals surface area (Å²) in [7, 11) is -2.21. The molecule has 0 bridgehead atoms. The normalized spacial score (nSPS) is 13.6. The van der Waals surface area contributed by atoms with Crippen LogP contribution in [0, 0.1) is 0 Å². The highest BCUT2D eigenvalue weighted by Crippen LogP contribution is 2.33. The molecular formula is C15H13Cl2NO4S. The van der Waals surface area contributed by atoms with Crippen molar-refractivity contribution >= 4 is 33.2 Å². The van der Waals surface area contributed by atoms with Gasteiger partial charge in [0, 0.05) is 23.6 Å². The van der Waals surface area contributed by atoms with Gasteiger partial charge in [0.25, 0.3) is 0 Å². The number of rotatable bonds is 4. The molecule has 5 nitrogen and oxygen atoms in total. The molecule has 122 valence electrons. The minimum atomic E-state index is -3.70. The van der Waals surface area contributed by atoms with E-state index in [1.165, 1.54) is 29.6 Å². The van der Waals surface area contributed by atoms with Gasteiger partial charge in [0.15, 0.2) is 11.5 Å². The van der Waals surface area contributed by atoms with E-state index in [-0.39, 0.29) is 28.3 Å². The number of halogens is 2. The van der Waals surface area contributed by atoms with Crippen molar-refractivity contribution in [3.63, 3.8) is 0 Å². The average Bonchev–Trinajstić information content (AvgIpc) is 2.93. The number of ether oxygens (including phenoxy) is 2. The van der Waals surface area contributed by atoms with E-state index < -0.39 is 10.0 Å². The molecule has 0 fully saturated rings. The zero-order valence-electron chi connectivity index (χ0n) is 12.1. The second kappa shape index (κ2) is 6.20. The summed E-state index contributed by atoms with van der Waals surface area (Å²) in [5, 5.41) is 0.542. The van der Waals surface area contributed by atoms with E-state index in [9.17, 15) is 8.42 Å². The number of fused-ring (bicyclic) bond motifs is 1. The molecule has 0 saturated carbocycles. The molecule has 3 rings (SSSR count). The summed E-state index contributed by atoms with van der Waals surface area (Å²) in [5.74, 6) is 1.26. The number of nitrogens with zero attached hydrogens (tertiary/aromatic N) is 1. The van der Waals surface area contributed by atoms with Gasteiger partial charge in [0.2, 0.25) is 16.8 Å². The van der Waals surface area contributed by atoms with Gasteiger partial charge in [-0.25, -0.2) is 8.42 Å². The van der Waals surface area contributed by atoms with Gasteiger partial charge in [-0.1, -0.05) is 29.3 Å². The van der Waals surface area contributed by atoms with E-state index in [1.807, 2.05) is 0 Å². The molecule has 8 heteroatoms. The summed E-state index contributed by atoms with van der Waals surface area (Å²) in [5.41, 5.74) is 0.786.